The lowest BCUT2D eigenvalue weighted by Crippen LogP contribution is -2.20. The third-order valence-corrected chi connectivity index (χ3v) is 2.72. The van der Waals surface area contributed by atoms with Crippen LogP contribution >= 0.6 is 8.03 Å². The molecule has 2 nitrogen and oxygen atoms in total. The van der Waals surface area contributed by atoms with Gasteiger partial charge in [0, 0.05) is 5.56 Å². The first-order valence-electron chi connectivity index (χ1n) is 4.18. The van der Waals surface area contributed by atoms with E-state index < -0.39 is 8.03 Å². The number of rotatable bonds is 1. The van der Waals surface area contributed by atoms with Crippen molar-refractivity contribution < 1.29 is 9.46 Å². The Labute approximate surface area is 79.5 Å². The Balaban J connectivity index is 3.28. The molecule has 0 saturated carbocycles. The fraction of sp³-hybridized carbons (Fsp3) is 0.400. The molecule has 0 spiro atoms. The first-order valence-corrected chi connectivity index (χ1v) is 5.40. The van der Waals surface area contributed by atoms with E-state index in [9.17, 15) is 4.57 Å². The highest BCUT2D eigenvalue weighted by molar-refractivity contribution is 7.47. The first-order chi connectivity index (χ1) is 5.93. The number of benzene rings is 1. The fourth-order valence-corrected chi connectivity index (χ4v) is 2.10. The van der Waals surface area contributed by atoms with Crippen molar-refractivity contribution in [3.8, 4) is 0 Å². The molecule has 0 heterocycles. The Morgan fingerprint density at radius 2 is 1.77 bits per heavy atom. The van der Waals surface area contributed by atoms with E-state index in [1.54, 1.807) is 12.1 Å². The lowest BCUT2D eigenvalue weighted by atomic mass is 9.87. The molecule has 3 heteroatoms. The summed E-state index contributed by atoms with van der Waals surface area (Å²) in [6.45, 7) is 6.10. The average Bonchev–Trinajstić information content (AvgIpc) is 2.03. The highest BCUT2D eigenvalue weighted by Gasteiger charge is 2.27. The smallest absolute Gasteiger partial charge is 0.156 e. The minimum atomic E-state index is -2.23. The predicted octanol–water partition coefficient (Wildman–Crippen LogP) is 2.34. The van der Waals surface area contributed by atoms with Gasteiger partial charge in [0.1, 0.15) is 0 Å². The van der Waals surface area contributed by atoms with E-state index in [1.807, 2.05) is 32.9 Å². The molecule has 0 saturated heterocycles. The molecule has 0 aliphatic rings. The van der Waals surface area contributed by atoms with E-state index in [2.05, 4.69) is 0 Å². The van der Waals surface area contributed by atoms with Gasteiger partial charge in [-0.15, -0.1) is 0 Å². The molecule has 0 amide bonds. The Bertz CT molecular complexity index is 326. The van der Waals surface area contributed by atoms with Crippen LogP contribution in [-0.2, 0) is 9.98 Å². The lowest BCUT2D eigenvalue weighted by molar-refractivity contribution is 0.511. The zero-order chi connectivity index (χ0) is 10.1. The second-order valence-electron chi connectivity index (χ2n) is 4.04. The van der Waals surface area contributed by atoms with Crippen LogP contribution in [0.25, 0.3) is 0 Å². The van der Waals surface area contributed by atoms with Gasteiger partial charge in [0.05, 0.1) is 0 Å². The molecule has 13 heavy (non-hydrogen) atoms. The van der Waals surface area contributed by atoms with Gasteiger partial charge in [0.25, 0.3) is 0 Å². The average molecular weight is 197 g/mol. The van der Waals surface area contributed by atoms with Crippen molar-refractivity contribution in [2.45, 2.75) is 26.2 Å². The van der Waals surface area contributed by atoms with Gasteiger partial charge in [-0.3, -0.25) is 0 Å². The molecule has 1 atom stereocenters. The number of hydrogen-bond donors (Lipinski definition) is 1. The van der Waals surface area contributed by atoms with Crippen molar-refractivity contribution in [2.24, 2.45) is 0 Å². The Morgan fingerprint density at radius 1 is 1.23 bits per heavy atom. The van der Waals surface area contributed by atoms with Crippen LogP contribution in [0, 0.1) is 0 Å². The van der Waals surface area contributed by atoms with Gasteiger partial charge in [-0.05, 0) is 16.0 Å². The van der Waals surface area contributed by atoms with Crippen LogP contribution in [0.2, 0.25) is 0 Å². The van der Waals surface area contributed by atoms with Crippen LogP contribution in [0.15, 0.2) is 24.3 Å². The molecule has 0 aliphatic carbocycles. The highest BCUT2D eigenvalue weighted by atomic mass is 31.1. The summed E-state index contributed by atoms with van der Waals surface area (Å²) in [7, 11) is -2.23. The molecule has 1 aromatic carbocycles. The van der Waals surface area contributed by atoms with Gasteiger partial charge in [-0.25, -0.2) is 0 Å². The van der Waals surface area contributed by atoms with Crippen LogP contribution in [0.1, 0.15) is 26.3 Å². The van der Waals surface area contributed by atoms with Gasteiger partial charge >= 0.3 is 8.03 Å². The van der Waals surface area contributed by atoms with Gasteiger partial charge < -0.3 is 0 Å². The lowest BCUT2D eigenvalue weighted by Gasteiger charge is -2.17. The molecular formula is C10H14O2P+. The summed E-state index contributed by atoms with van der Waals surface area (Å²) >= 11 is 0. The third kappa shape index (κ3) is 2.36. The second-order valence-corrected chi connectivity index (χ2v) is 5.07. The van der Waals surface area contributed by atoms with Crippen molar-refractivity contribution in [3.05, 3.63) is 29.8 Å². The summed E-state index contributed by atoms with van der Waals surface area (Å²) in [4.78, 5) is 9.08. The molecular weight excluding hydrogens is 183 g/mol. The Hall–Kier alpha value is -0.720. The molecule has 0 aromatic heterocycles. The van der Waals surface area contributed by atoms with Crippen LogP contribution in [0.5, 0.6) is 0 Å². The SMILES string of the molecule is CC(C)(C)c1ccccc1[P+](=O)O. The van der Waals surface area contributed by atoms with Gasteiger partial charge in [-0.2, -0.15) is 4.89 Å². The van der Waals surface area contributed by atoms with E-state index in [4.69, 9.17) is 4.89 Å². The molecule has 1 N–H and O–H groups in total. The van der Waals surface area contributed by atoms with Gasteiger partial charge in [0.15, 0.2) is 0 Å². The summed E-state index contributed by atoms with van der Waals surface area (Å²) in [6.07, 6.45) is 0. The van der Waals surface area contributed by atoms with Crippen molar-refractivity contribution in [1.29, 1.82) is 0 Å². The largest absolute Gasteiger partial charge is 0.546 e. The maximum Gasteiger partial charge on any atom is 0.546 e. The van der Waals surface area contributed by atoms with E-state index in [0.717, 1.165) is 5.56 Å². The monoisotopic (exact) mass is 197 g/mol. The first kappa shape index (κ1) is 10.4. The minimum Gasteiger partial charge on any atom is -0.156 e. The van der Waals surface area contributed by atoms with Crippen LogP contribution in [-0.4, -0.2) is 4.89 Å². The molecule has 0 fully saturated rings. The zero-order valence-corrected chi connectivity index (χ0v) is 9.01. The molecule has 1 rings (SSSR count). The third-order valence-electron chi connectivity index (χ3n) is 1.92. The molecule has 0 radical (unpaired) electrons. The summed E-state index contributed by atoms with van der Waals surface area (Å²) in [5.74, 6) is 0. The summed E-state index contributed by atoms with van der Waals surface area (Å²) in [6, 6.07) is 7.29. The maximum atomic E-state index is 11.0. The molecule has 1 aromatic rings. The van der Waals surface area contributed by atoms with E-state index in [-0.39, 0.29) is 5.41 Å². The van der Waals surface area contributed by atoms with Gasteiger partial charge in [-0.1, -0.05) is 39.0 Å². The van der Waals surface area contributed by atoms with E-state index in [0.29, 0.717) is 5.30 Å². The van der Waals surface area contributed by atoms with Crippen molar-refractivity contribution in [3.63, 3.8) is 0 Å². The summed E-state index contributed by atoms with van der Waals surface area (Å²) in [5.41, 5.74) is 0.864. The van der Waals surface area contributed by atoms with Crippen molar-refractivity contribution >= 4 is 13.3 Å². The Kier molecular flexibility index (Phi) is 2.84. The van der Waals surface area contributed by atoms with E-state index >= 15 is 0 Å². The van der Waals surface area contributed by atoms with Crippen LogP contribution < -0.4 is 5.30 Å². The van der Waals surface area contributed by atoms with Crippen molar-refractivity contribution in [2.75, 3.05) is 0 Å². The van der Waals surface area contributed by atoms with Crippen LogP contribution in [0.3, 0.4) is 0 Å². The van der Waals surface area contributed by atoms with E-state index in [1.165, 1.54) is 0 Å². The van der Waals surface area contributed by atoms with Gasteiger partial charge in [0.2, 0.25) is 5.30 Å². The zero-order valence-electron chi connectivity index (χ0n) is 8.11. The van der Waals surface area contributed by atoms with Crippen molar-refractivity contribution in [1.82, 2.24) is 0 Å². The normalized spacial score (nSPS) is 12.8. The maximum absolute atomic E-state index is 11.0. The standard InChI is InChI=1S/C10H13O2P/c1-10(2,3)8-6-4-5-7-9(8)13(11)12/h4-7H,1-3H3/p+1. The topological polar surface area (TPSA) is 37.3 Å². The highest BCUT2D eigenvalue weighted by Crippen LogP contribution is 2.26. The minimum absolute atomic E-state index is 0.0791. The molecule has 0 aliphatic heterocycles. The quantitative estimate of drug-likeness (QED) is 0.701. The molecule has 0 bridgehead atoms. The molecule has 1 unspecified atom stereocenters. The predicted molar refractivity (Wildman–Crippen MR) is 54.6 cm³/mol. The van der Waals surface area contributed by atoms with Crippen LogP contribution in [0.4, 0.5) is 0 Å². The summed E-state index contributed by atoms with van der Waals surface area (Å²) in [5, 5.41) is 0.546. The molecule has 70 valence electrons. The number of hydrogen-bond acceptors (Lipinski definition) is 1. The second kappa shape index (κ2) is 3.57. The fourth-order valence-electron chi connectivity index (χ4n) is 1.27. The Morgan fingerprint density at radius 3 is 2.15 bits per heavy atom. The summed E-state index contributed by atoms with van der Waals surface area (Å²) < 4.78 is 11.0.